The van der Waals surface area contributed by atoms with Gasteiger partial charge in [0, 0.05) is 36.1 Å². The molecule has 0 bridgehead atoms. The topological polar surface area (TPSA) is 69.6 Å². The molecule has 1 heterocycles. The van der Waals surface area contributed by atoms with Crippen LogP contribution in [0.2, 0.25) is 5.02 Å². The summed E-state index contributed by atoms with van der Waals surface area (Å²) in [6, 6.07) is 4.14. The fourth-order valence-corrected chi connectivity index (χ4v) is 3.05. The monoisotopic (exact) mass is 354 g/mol. The van der Waals surface area contributed by atoms with Crippen molar-refractivity contribution < 1.29 is 19.1 Å². The van der Waals surface area contributed by atoms with Gasteiger partial charge >= 0.3 is 0 Å². The number of nitrogens with zero attached hydrogens (tertiary/aromatic N) is 1. The van der Waals surface area contributed by atoms with E-state index in [1.807, 2.05) is 0 Å². The number of halogens is 2. The van der Waals surface area contributed by atoms with E-state index in [1.165, 1.54) is 24.3 Å². The molecular weight excluding hydrogens is 335 g/mol. The lowest BCUT2D eigenvalue weighted by molar-refractivity contribution is -0.132. The van der Waals surface area contributed by atoms with E-state index < -0.39 is 11.9 Å². The van der Waals surface area contributed by atoms with Crippen molar-refractivity contribution in [1.29, 1.82) is 0 Å². The predicted molar refractivity (Wildman–Crippen MR) is 88.9 cm³/mol. The molecule has 0 radical (unpaired) electrons. The van der Waals surface area contributed by atoms with Crippen molar-refractivity contribution in [3.05, 3.63) is 47.3 Å². The molecule has 1 aromatic carbocycles. The van der Waals surface area contributed by atoms with Gasteiger partial charge < -0.3 is 15.3 Å². The average molecular weight is 355 g/mol. The molecule has 130 valence electrons. The first-order valence-electron chi connectivity index (χ1n) is 7.75. The summed E-state index contributed by atoms with van der Waals surface area (Å²) in [5.41, 5.74) is -0.0223. The van der Waals surface area contributed by atoms with Crippen LogP contribution in [0.1, 0.15) is 24.5 Å². The van der Waals surface area contributed by atoms with Gasteiger partial charge in [-0.15, -0.1) is 0 Å². The van der Waals surface area contributed by atoms with Gasteiger partial charge in [-0.3, -0.25) is 9.59 Å². The maximum Gasteiger partial charge on any atom is 0.245 e. The van der Waals surface area contributed by atoms with E-state index in [1.54, 1.807) is 4.90 Å². The van der Waals surface area contributed by atoms with Crippen LogP contribution in [-0.4, -0.2) is 41.5 Å². The van der Waals surface area contributed by atoms with Gasteiger partial charge in [0.15, 0.2) is 0 Å². The summed E-state index contributed by atoms with van der Waals surface area (Å²) in [4.78, 5) is 25.3. The SMILES string of the molecule is C=CC(=O)N1CCC(C(=O)NCC(O)c2c(F)cccc2Cl)CC1. The van der Waals surface area contributed by atoms with Crippen LogP contribution in [-0.2, 0) is 9.59 Å². The standard InChI is InChI=1S/C17H20ClFN2O3/c1-2-15(23)21-8-6-11(7-9-21)17(24)20-10-14(22)16-12(18)4-3-5-13(16)19/h2-5,11,14,22H,1,6-10H2,(H,20,24). The highest BCUT2D eigenvalue weighted by molar-refractivity contribution is 6.31. The molecule has 0 spiro atoms. The average Bonchev–Trinajstić information content (AvgIpc) is 2.59. The van der Waals surface area contributed by atoms with Gasteiger partial charge in [-0.25, -0.2) is 4.39 Å². The molecule has 5 nitrogen and oxygen atoms in total. The van der Waals surface area contributed by atoms with Crippen LogP contribution in [0.25, 0.3) is 0 Å². The Morgan fingerprint density at radius 3 is 2.71 bits per heavy atom. The Balaban J connectivity index is 1.85. The Morgan fingerprint density at radius 1 is 1.46 bits per heavy atom. The van der Waals surface area contributed by atoms with Crippen molar-refractivity contribution in [3.8, 4) is 0 Å². The summed E-state index contributed by atoms with van der Waals surface area (Å²) in [5, 5.41) is 12.8. The number of aliphatic hydroxyl groups is 1. The number of likely N-dealkylation sites (tertiary alicyclic amines) is 1. The molecule has 1 atom stereocenters. The zero-order valence-corrected chi connectivity index (χ0v) is 13.9. The molecule has 2 amide bonds. The van der Waals surface area contributed by atoms with E-state index in [4.69, 9.17) is 11.6 Å². The number of carbonyl (C=O) groups is 2. The molecule has 1 unspecified atom stereocenters. The van der Waals surface area contributed by atoms with Gasteiger partial charge in [0.1, 0.15) is 11.9 Å². The third-order valence-electron chi connectivity index (χ3n) is 4.15. The summed E-state index contributed by atoms with van der Waals surface area (Å²) in [7, 11) is 0. The second kappa shape index (κ2) is 8.26. The number of aliphatic hydroxyl groups excluding tert-OH is 1. The molecule has 2 rings (SSSR count). The Hall–Kier alpha value is -1.92. The second-order valence-corrected chi connectivity index (χ2v) is 6.11. The molecule has 7 heteroatoms. The Morgan fingerprint density at radius 2 is 2.12 bits per heavy atom. The number of carbonyl (C=O) groups excluding carboxylic acids is 2. The molecule has 0 saturated carbocycles. The molecule has 1 fully saturated rings. The predicted octanol–water partition coefficient (Wildman–Crippen LogP) is 2.05. The Bertz CT molecular complexity index is 610. The highest BCUT2D eigenvalue weighted by atomic mass is 35.5. The van der Waals surface area contributed by atoms with E-state index in [2.05, 4.69) is 11.9 Å². The summed E-state index contributed by atoms with van der Waals surface area (Å²) in [5.74, 6) is -1.20. The largest absolute Gasteiger partial charge is 0.386 e. The van der Waals surface area contributed by atoms with Crippen LogP contribution in [0.15, 0.2) is 30.9 Å². The van der Waals surface area contributed by atoms with Crippen LogP contribution >= 0.6 is 11.6 Å². The molecule has 2 N–H and O–H groups in total. The number of benzene rings is 1. The highest BCUT2D eigenvalue weighted by Crippen LogP contribution is 2.25. The van der Waals surface area contributed by atoms with Crippen LogP contribution in [0.5, 0.6) is 0 Å². The van der Waals surface area contributed by atoms with Gasteiger partial charge in [-0.2, -0.15) is 0 Å². The van der Waals surface area contributed by atoms with Crippen molar-refractivity contribution >= 4 is 23.4 Å². The second-order valence-electron chi connectivity index (χ2n) is 5.70. The first kappa shape index (κ1) is 18.4. The maximum atomic E-state index is 13.7. The van der Waals surface area contributed by atoms with Crippen LogP contribution in [0, 0.1) is 11.7 Å². The molecule has 1 aromatic rings. The highest BCUT2D eigenvalue weighted by Gasteiger charge is 2.27. The molecule has 1 aliphatic heterocycles. The van der Waals surface area contributed by atoms with Gasteiger partial charge in [-0.1, -0.05) is 24.2 Å². The van der Waals surface area contributed by atoms with Crippen LogP contribution < -0.4 is 5.32 Å². The summed E-state index contributed by atoms with van der Waals surface area (Å²) in [6.45, 7) is 4.30. The van der Waals surface area contributed by atoms with Crippen molar-refractivity contribution in [2.24, 2.45) is 5.92 Å². The number of amides is 2. The van der Waals surface area contributed by atoms with Crippen LogP contribution in [0.4, 0.5) is 4.39 Å². The van der Waals surface area contributed by atoms with E-state index in [-0.39, 0.29) is 34.9 Å². The zero-order valence-electron chi connectivity index (χ0n) is 13.2. The van der Waals surface area contributed by atoms with E-state index in [0.29, 0.717) is 25.9 Å². The molecule has 1 aliphatic rings. The van der Waals surface area contributed by atoms with Crippen molar-refractivity contribution in [2.75, 3.05) is 19.6 Å². The minimum absolute atomic E-state index is 0.0223. The normalized spacial score (nSPS) is 16.5. The quantitative estimate of drug-likeness (QED) is 0.795. The Kier molecular flexibility index (Phi) is 6.34. The van der Waals surface area contributed by atoms with Crippen molar-refractivity contribution in [2.45, 2.75) is 18.9 Å². The minimum Gasteiger partial charge on any atom is -0.386 e. The smallest absolute Gasteiger partial charge is 0.245 e. The van der Waals surface area contributed by atoms with E-state index >= 15 is 0 Å². The van der Waals surface area contributed by atoms with Gasteiger partial charge in [-0.05, 0) is 31.1 Å². The Labute approximate surface area is 145 Å². The summed E-state index contributed by atoms with van der Waals surface area (Å²) >= 11 is 5.89. The first-order chi connectivity index (χ1) is 11.4. The maximum absolute atomic E-state index is 13.7. The lowest BCUT2D eigenvalue weighted by atomic mass is 9.95. The summed E-state index contributed by atoms with van der Waals surface area (Å²) < 4.78 is 13.7. The molecule has 0 aromatic heterocycles. The molecule has 24 heavy (non-hydrogen) atoms. The molecular formula is C17H20ClFN2O3. The van der Waals surface area contributed by atoms with Crippen molar-refractivity contribution in [1.82, 2.24) is 10.2 Å². The van der Waals surface area contributed by atoms with Gasteiger partial charge in [0.05, 0.1) is 0 Å². The molecule has 1 saturated heterocycles. The lowest BCUT2D eigenvalue weighted by Gasteiger charge is -2.30. The first-order valence-corrected chi connectivity index (χ1v) is 8.13. The number of hydrogen-bond acceptors (Lipinski definition) is 3. The zero-order chi connectivity index (χ0) is 17.7. The molecule has 0 aliphatic carbocycles. The summed E-state index contributed by atoms with van der Waals surface area (Å²) in [6.07, 6.45) is 1.13. The third-order valence-corrected chi connectivity index (χ3v) is 4.48. The van der Waals surface area contributed by atoms with E-state index in [0.717, 1.165) is 0 Å². The fraction of sp³-hybridized carbons (Fsp3) is 0.412. The third kappa shape index (κ3) is 4.33. The number of piperidine rings is 1. The van der Waals surface area contributed by atoms with Gasteiger partial charge in [0.25, 0.3) is 0 Å². The minimum atomic E-state index is -1.22. The number of rotatable bonds is 5. The lowest BCUT2D eigenvalue weighted by Crippen LogP contribution is -2.43. The number of hydrogen-bond donors (Lipinski definition) is 2. The fourth-order valence-electron chi connectivity index (χ4n) is 2.76. The van der Waals surface area contributed by atoms with E-state index in [9.17, 15) is 19.1 Å². The number of nitrogens with one attached hydrogen (secondary N) is 1. The van der Waals surface area contributed by atoms with Gasteiger partial charge in [0.2, 0.25) is 11.8 Å². The van der Waals surface area contributed by atoms with Crippen molar-refractivity contribution in [3.63, 3.8) is 0 Å². The van der Waals surface area contributed by atoms with Crippen LogP contribution in [0.3, 0.4) is 0 Å².